The van der Waals surface area contributed by atoms with Gasteiger partial charge in [-0.15, -0.1) is 9.19 Å². The van der Waals surface area contributed by atoms with Gasteiger partial charge < -0.3 is 0 Å². The molecule has 7 heteroatoms. The number of thioether (sulfide) groups is 1. The van der Waals surface area contributed by atoms with Gasteiger partial charge in [-0.05, 0) is 17.7 Å². The van der Waals surface area contributed by atoms with E-state index in [-0.39, 0.29) is 4.90 Å². The second-order valence-corrected chi connectivity index (χ2v) is 8.73. The summed E-state index contributed by atoms with van der Waals surface area (Å²) in [5, 5.41) is 4.68. The Morgan fingerprint density at radius 3 is 2.00 bits per heavy atom. The van der Waals surface area contributed by atoms with Crippen LogP contribution < -0.4 is 0 Å². The number of rotatable bonds is 6. The first-order valence-corrected chi connectivity index (χ1v) is 11.1. The van der Waals surface area contributed by atoms with E-state index in [4.69, 9.17) is 0 Å². The van der Waals surface area contributed by atoms with Crippen molar-refractivity contribution in [3.8, 4) is 11.4 Å². The van der Waals surface area contributed by atoms with Crippen LogP contribution >= 0.6 is 11.8 Å². The lowest BCUT2D eigenvalue weighted by Gasteiger charge is -2.07. The second-order valence-electron chi connectivity index (χ2n) is 6.02. The molecular formula is C21H17N3O2S2. The van der Waals surface area contributed by atoms with Crippen LogP contribution in [0.2, 0.25) is 0 Å². The third-order valence-electron chi connectivity index (χ3n) is 4.06. The monoisotopic (exact) mass is 407 g/mol. The van der Waals surface area contributed by atoms with Crippen molar-refractivity contribution >= 4 is 21.8 Å². The molecule has 4 aromatic rings. The molecule has 0 aliphatic heterocycles. The maximum atomic E-state index is 13.2. The predicted octanol–water partition coefficient (Wildman–Crippen LogP) is 4.47. The Balaban J connectivity index is 1.76. The summed E-state index contributed by atoms with van der Waals surface area (Å²) in [4.78, 5) is 4.70. The molecule has 0 saturated carbocycles. The summed E-state index contributed by atoms with van der Waals surface area (Å²) in [6.45, 7) is 0. The fourth-order valence-corrected chi connectivity index (χ4v) is 5.03. The van der Waals surface area contributed by atoms with E-state index in [1.165, 1.54) is 11.8 Å². The van der Waals surface area contributed by atoms with Crippen LogP contribution in [0.3, 0.4) is 0 Å². The van der Waals surface area contributed by atoms with Crippen LogP contribution in [-0.4, -0.2) is 22.6 Å². The van der Waals surface area contributed by atoms with Gasteiger partial charge in [-0.25, -0.2) is 0 Å². The molecule has 1 aromatic heterocycles. The Morgan fingerprint density at radius 2 is 1.36 bits per heavy atom. The van der Waals surface area contributed by atoms with Crippen molar-refractivity contribution in [2.24, 2.45) is 0 Å². The zero-order valence-electron chi connectivity index (χ0n) is 14.8. The van der Waals surface area contributed by atoms with Crippen LogP contribution in [0.15, 0.2) is 101 Å². The maximum absolute atomic E-state index is 13.2. The first-order chi connectivity index (χ1) is 13.6. The minimum absolute atomic E-state index is 0.182. The van der Waals surface area contributed by atoms with Crippen molar-refractivity contribution in [2.45, 2.75) is 15.8 Å². The van der Waals surface area contributed by atoms with Crippen molar-refractivity contribution in [3.63, 3.8) is 0 Å². The molecule has 0 bridgehead atoms. The summed E-state index contributed by atoms with van der Waals surface area (Å²) < 4.78 is 27.4. The van der Waals surface area contributed by atoms with Gasteiger partial charge in [0, 0.05) is 11.3 Å². The molecule has 0 N–H and O–H groups in total. The summed E-state index contributed by atoms with van der Waals surface area (Å²) in [6.07, 6.45) is 0. The van der Waals surface area contributed by atoms with Gasteiger partial charge in [0.25, 0.3) is 10.0 Å². The van der Waals surface area contributed by atoms with E-state index in [0.29, 0.717) is 16.7 Å². The number of hydrogen-bond donors (Lipinski definition) is 0. The van der Waals surface area contributed by atoms with Crippen LogP contribution in [0, 0.1) is 0 Å². The highest BCUT2D eigenvalue weighted by Gasteiger charge is 2.24. The lowest BCUT2D eigenvalue weighted by Crippen LogP contribution is -2.15. The number of aromatic nitrogens is 3. The van der Waals surface area contributed by atoms with Gasteiger partial charge in [0.05, 0.1) is 4.90 Å². The summed E-state index contributed by atoms with van der Waals surface area (Å²) in [5.41, 5.74) is 1.85. The number of hydrogen-bond acceptors (Lipinski definition) is 5. The van der Waals surface area contributed by atoms with Crippen molar-refractivity contribution in [1.29, 1.82) is 0 Å². The van der Waals surface area contributed by atoms with Gasteiger partial charge in [-0.1, -0.05) is 90.6 Å². The van der Waals surface area contributed by atoms with Crippen molar-refractivity contribution in [1.82, 2.24) is 14.2 Å². The summed E-state index contributed by atoms with van der Waals surface area (Å²) in [6, 6.07) is 27.5. The first-order valence-electron chi connectivity index (χ1n) is 8.64. The fraction of sp³-hybridized carbons (Fsp3) is 0.0476. The highest BCUT2D eigenvalue weighted by atomic mass is 32.2. The molecule has 0 spiro atoms. The van der Waals surface area contributed by atoms with E-state index in [0.717, 1.165) is 15.2 Å². The lowest BCUT2D eigenvalue weighted by atomic mass is 10.2. The molecule has 0 aliphatic rings. The molecule has 5 nitrogen and oxygen atoms in total. The molecule has 1 heterocycles. The van der Waals surface area contributed by atoms with Crippen LogP contribution in [-0.2, 0) is 15.8 Å². The molecule has 4 rings (SSSR count). The Kier molecular flexibility index (Phi) is 5.27. The van der Waals surface area contributed by atoms with Crippen LogP contribution in [0.4, 0.5) is 0 Å². The highest BCUT2D eigenvalue weighted by molar-refractivity contribution is 7.99. The van der Waals surface area contributed by atoms with Gasteiger partial charge >= 0.3 is 0 Å². The SMILES string of the molecule is O=S(=O)(c1ccccc1)n1nc(-c2ccccc2)nc1SCc1ccccc1. The number of benzene rings is 3. The van der Waals surface area contributed by atoms with Gasteiger partial charge in [-0.2, -0.15) is 13.4 Å². The minimum atomic E-state index is -3.84. The normalized spacial score (nSPS) is 11.4. The summed E-state index contributed by atoms with van der Waals surface area (Å²) in [5.74, 6) is 0.980. The molecule has 0 saturated heterocycles. The van der Waals surface area contributed by atoms with Gasteiger partial charge in [0.2, 0.25) is 5.16 Å². The summed E-state index contributed by atoms with van der Waals surface area (Å²) in [7, 11) is -3.84. The van der Waals surface area contributed by atoms with E-state index in [1.54, 1.807) is 30.3 Å². The Labute approximate surface area is 168 Å². The molecule has 0 radical (unpaired) electrons. The standard InChI is InChI=1S/C21H17N3O2S2/c25-28(26,19-14-8-3-9-15-19)24-21(27-16-17-10-4-1-5-11-17)22-20(23-24)18-12-6-2-7-13-18/h1-15H,16H2. The van der Waals surface area contributed by atoms with Crippen LogP contribution in [0.1, 0.15) is 5.56 Å². The highest BCUT2D eigenvalue weighted by Crippen LogP contribution is 2.27. The molecule has 0 aliphatic carbocycles. The third kappa shape index (κ3) is 3.85. The smallest absolute Gasteiger partial charge is 0.200 e. The molecule has 0 atom stereocenters. The largest absolute Gasteiger partial charge is 0.285 e. The van der Waals surface area contributed by atoms with E-state index in [2.05, 4.69) is 10.1 Å². The van der Waals surface area contributed by atoms with Gasteiger partial charge in [-0.3, -0.25) is 0 Å². The average molecular weight is 408 g/mol. The molecule has 0 unspecified atom stereocenters. The Morgan fingerprint density at radius 1 is 0.786 bits per heavy atom. The molecule has 0 amide bonds. The van der Waals surface area contributed by atoms with Gasteiger partial charge in [0.1, 0.15) is 0 Å². The first kappa shape index (κ1) is 18.5. The summed E-state index contributed by atoms with van der Waals surface area (Å²) >= 11 is 1.35. The Hall–Kier alpha value is -2.90. The zero-order valence-corrected chi connectivity index (χ0v) is 16.5. The van der Waals surface area contributed by atoms with Crippen molar-refractivity contribution in [3.05, 3.63) is 96.6 Å². The molecule has 3 aromatic carbocycles. The van der Waals surface area contributed by atoms with E-state index >= 15 is 0 Å². The zero-order chi connectivity index (χ0) is 19.4. The van der Waals surface area contributed by atoms with Crippen LogP contribution in [0.25, 0.3) is 11.4 Å². The lowest BCUT2D eigenvalue weighted by molar-refractivity contribution is 0.573. The minimum Gasteiger partial charge on any atom is -0.200 e. The van der Waals surface area contributed by atoms with E-state index < -0.39 is 10.0 Å². The second kappa shape index (κ2) is 8.00. The molecule has 0 fully saturated rings. The quantitative estimate of drug-likeness (QED) is 0.441. The van der Waals surface area contributed by atoms with Crippen LogP contribution in [0.5, 0.6) is 0 Å². The van der Waals surface area contributed by atoms with Crippen molar-refractivity contribution < 1.29 is 8.42 Å². The third-order valence-corrected chi connectivity index (χ3v) is 6.76. The Bertz CT molecular complexity index is 1160. The maximum Gasteiger partial charge on any atom is 0.285 e. The van der Waals surface area contributed by atoms with E-state index in [9.17, 15) is 8.42 Å². The molecule has 140 valence electrons. The van der Waals surface area contributed by atoms with Gasteiger partial charge in [0.15, 0.2) is 5.82 Å². The number of nitrogens with zero attached hydrogens (tertiary/aromatic N) is 3. The topological polar surface area (TPSA) is 64.8 Å². The predicted molar refractivity (Wildman–Crippen MR) is 110 cm³/mol. The fourth-order valence-electron chi connectivity index (χ4n) is 2.65. The average Bonchev–Trinajstić information content (AvgIpc) is 3.19. The molecule has 28 heavy (non-hydrogen) atoms. The molecular weight excluding hydrogens is 390 g/mol. The van der Waals surface area contributed by atoms with Crippen molar-refractivity contribution in [2.75, 3.05) is 0 Å². The van der Waals surface area contributed by atoms with E-state index in [1.807, 2.05) is 60.7 Å².